The van der Waals surface area contributed by atoms with E-state index in [1.165, 1.54) is 32.1 Å². The van der Waals surface area contributed by atoms with Crippen LogP contribution < -0.4 is 21.7 Å². The highest BCUT2D eigenvalue weighted by Crippen LogP contribution is 2.25. The Balaban J connectivity index is 2.03. The second kappa shape index (κ2) is 8.85. The van der Waals surface area contributed by atoms with Gasteiger partial charge in [-0.3, -0.25) is 5.43 Å². The minimum atomic E-state index is -1.31. The van der Waals surface area contributed by atoms with Gasteiger partial charge in [0.25, 0.3) is 0 Å². The van der Waals surface area contributed by atoms with Gasteiger partial charge in [-0.2, -0.15) is 0 Å². The van der Waals surface area contributed by atoms with Gasteiger partial charge in [0.05, 0.1) is 0 Å². The second-order valence-electron chi connectivity index (χ2n) is 5.83. The highest BCUT2D eigenvalue weighted by Gasteiger charge is 2.13. The summed E-state index contributed by atoms with van der Waals surface area (Å²) >= 11 is 0. The van der Waals surface area contributed by atoms with Crippen LogP contribution in [0.5, 0.6) is 5.75 Å². The molecule has 0 amide bonds. The summed E-state index contributed by atoms with van der Waals surface area (Å²) in [6, 6.07) is 7.06. The normalized spacial score (nSPS) is 15.7. The van der Waals surface area contributed by atoms with Crippen LogP contribution in [0.3, 0.4) is 0 Å². The van der Waals surface area contributed by atoms with Gasteiger partial charge in [0.2, 0.25) is 5.88 Å². The van der Waals surface area contributed by atoms with Gasteiger partial charge >= 0.3 is 5.97 Å². The summed E-state index contributed by atoms with van der Waals surface area (Å²) in [4.78, 5) is 10.9. The molecule has 6 nitrogen and oxygen atoms in total. The molecule has 0 aromatic heterocycles. The van der Waals surface area contributed by atoms with E-state index in [0.717, 1.165) is 12.0 Å². The molecule has 1 fully saturated rings. The molecule has 0 radical (unpaired) electrons. The zero-order valence-corrected chi connectivity index (χ0v) is 13.5. The number of hydrogen-bond donors (Lipinski definition) is 4. The fraction of sp³-hybridized carbons (Fsp3) is 0.389. The van der Waals surface area contributed by atoms with Crippen molar-refractivity contribution in [3.63, 3.8) is 0 Å². The SMILES string of the molecule is NN/C(Oc1cccc(C#CCC2CCCCC2)c1)=C(\N)C(=O)O. The van der Waals surface area contributed by atoms with Crippen molar-refractivity contribution in [2.24, 2.45) is 17.5 Å². The maximum absolute atomic E-state index is 10.9. The number of hydrazine groups is 1. The minimum Gasteiger partial charge on any atom is -0.476 e. The molecule has 0 unspecified atom stereocenters. The summed E-state index contributed by atoms with van der Waals surface area (Å²) in [5.41, 5.74) is 7.86. The lowest BCUT2D eigenvalue weighted by Crippen LogP contribution is -2.31. The van der Waals surface area contributed by atoms with E-state index in [2.05, 4.69) is 17.3 Å². The van der Waals surface area contributed by atoms with Gasteiger partial charge in [-0.15, -0.1) is 0 Å². The molecule has 0 bridgehead atoms. The second-order valence-corrected chi connectivity index (χ2v) is 5.83. The van der Waals surface area contributed by atoms with Crippen LogP contribution in [-0.2, 0) is 4.79 Å². The van der Waals surface area contributed by atoms with Gasteiger partial charge in [0.1, 0.15) is 5.75 Å². The first-order valence-electron chi connectivity index (χ1n) is 8.06. The van der Waals surface area contributed by atoms with E-state index in [4.69, 9.17) is 21.4 Å². The van der Waals surface area contributed by atoms with Gasteiger partial charge in [-0.25, -0.2) is 10.6 Å². The standard InChI is InChI=1S/C18H23N3O3/c19-16(18(22)23)17(21-20)24-15-11-5-10-14(12-15)9-4-8-13-6-2-1-3-7-13/h5,10-13,21H,1-3,6-8,19-20H2,(H,22,23)/b17-16+. The maximum Gasteiger partial charge on any atom is 0.357 e. The van der Waals surface area contributed by atoms with Crippen molar-refractivity contribution < 1.29 is 14.6 Å². The van der Waals surface area contributed by atoms with E-state index >= 15 is 0 Å². The van der Waals surface area contributed by atoms with Crippen molar-refractivity contribution in [3.8, 4) is 17.6 Å². The third kappa shape index (κ3) is 5.21. The Morgan fingerprint density at radius 2 is 2.08 bits per heavy atom. The maximum atomic E-state index is 10.9. The Bertz CT molecular complexity index is 668. The Morgan fingerprint density at radius 3 is 2.75 bits per heavy atom. The lowest BCUT2D eigenvalue weighted by molar-refractivity contribution is -0.132. The molecular formula is C18H23N3O3. The van der Waals surface area contributed by atoms with Gasteiger partial charge < -0.3 is 15.6 Å². The molecule has 2 rings (SSSR count). The average molecular weight is 329 g/mol. The Morgan fingerprint density at radius 1 is 1.33 bits per heavy atom. The molecule has 24 heavy (non-hydrogen) atoms. The van der Waals surface area contributed by atoms with E-state index in [-0.39, 0.29) is 5.88 Å². The molecule has 1 aliphatic carbocycles. The van der Waals surface area contributed by atoms with E-state index in [1.807, 2.05) is 6.07 Å². The van der Waals surface area contributed by atoms with Crippen LogP contribution in [0.25, 0.3) is 0 Å². The summed E-state index contributed by atoms with van der Waals surface area (Å²) in [7, 11) is 0. The van der Waals surface area contributed by atoms with Crippen molar-refractivity contribution >= 4 is 5.97 Å². The van der Waals surface area contributed by atoms with Gasteiger partial charge in [0.15, 0.2) is 5.70 Å². The molecule has 1 saturated carbocycles. The molecule has 0 aliphatic heterocycles. The quantitative estimate of drug-likeness (QED) is 0.216. The average Bonchev–Trinajstić information content (AvgIpc) is 2.60. The first-order chi connectivity index (χ1) is 11.6. The first kappa shape index (κ1) is 17.7. The van der Waals surface area contributed by atoms with Crippen molar-refractivity contribution in [2.75, 3.05) is 0 Å². The minimum absolute atomic E-state index is 0.213. The number of nitrogens with one attached hydrogen (secondary N) is 1. The van der Waals surface area contributed by atoms with Gasteiger partial charge in [-0.05, 0) is 37.0 Å². The largest absolute Gasteiger partial charge is 0.476 e. The van der Waals surface area contributed by atoms with Crippen LogP contribution in [-0.4, -0.2) is 11.1 Å². The van der Waals surface area contributed by atoms with Crippen LogP contribution in [0, 0.1) is 17.8 Å². The molecule has 1 aromatic rings. The molecule has 6 heteroatoms. The molecular weight excluding hydrogens is 306 g/mol. The number of carbonyl (C=O) groups is 1. The van der Waals surface area contributed by atoms with Crippen molar-refractivity contribution in [2.45, 2.75) is 38.5 Å². The monoisotopic (exact) mass is 329 g/mol. The summed E-state index contributed by atoms with van der Waals surface area (Å²) < 4.78 is 5.39. The van der Waals surface area contributed by atoms with E-state index in [0.29, 0.717) is 11.7 Å². The number of rotatable bonds is 5. The number of aliphatic carboxylic acids is 1. The highest BCUT2D eigenvalue weighted by molar-refractivity contribution is 5.85. The number of nitrogens with two attached hydrogens (primary N) is 2. The smallest absolute Gasteiger partial charge is 0.357 e. The number of benzene rings is 1. The molecule has 1 aromatic carbocycles. The number of ether oxygens (including phenoxy) is 1. The number of carboxylic acids is 1. The van der Waals surface area contributed by atoms with Crippen molar-refractivity contribution in [1.82, 2.24) is 5.43 Å². The Hall–Kier alpha value is -2.65. The Kier molecular flexibility index (Phi) is 6.52. The van der Waals surface area contributed by atoms with Crippen LogP contribution >= 0.6 is 0 Å². The van der Waals surface area contributed by atoms with Crippen molar-refractivity contribution in [3.05, 3.63) is 41.4 Å². The molecule has 128 valence electrons. The fourth-order valence-electron chi connectivity index (χ4n) is 2.70. The topological polar surface area (TPSA) is 111 Å². The number of hydrogen-bond acceptors (Lipinski definition) is 5. The zero-order chi connectivity index (χ0) is 17.4. The predicted molar refractivity (Wildman–Crippen MR) is 91.3 cm³/mol. The molecule has 6 N–H and O–H groups in total. The predicted octanol–water partition coefficient (Wildman–Crippen LogP) is 2.06. The number of carboxylic acid groups (broad SMARTS) is 1. The molecule has 1 aliphatic rings. The lowest BCUT2D eigenvalue weighted by Gasteiger charge is -2.18. The molecule has 0 heterocycles. The van der Waals surface area contributed by atoms with Crippen LogP contribution in [0.4, 0.5) is 0 Å². The fourth-order valence-corrected chi connectivity index (χ4v) is 2.70. The summed E-state index contributed by atoms with van der Waals surface area (Å²) in [6.07, 6.45) is 7.40. The first-order valence-corrected chi connectivity index (χ1v) is 8.06. The van der Waals surface area contributed by atoms with Crippen LogP contribution in [0.15, 0.2) is 35.8 Å². The Labute approximate surface area is 141 Å². The molecule has 0 spiro atoms. The van der Waals surface area contributed by atoms with E-state index in [1.54, 1.807) is 18.2 Å². The third-order valence-electron chi connectivity index (χ3n) is 4.01. The van der Waals surface area contributed by atoms with E-state index in [9.17, 15) is 4.79 Å². The summed E-state index contributed by atoms with van der Waals surface area (Å²) in [5.74, 6) is 11.2. The van der Waals surface area contributed by atoms with Crippen LogP contribution in [0.2, 0.25) is 0 Å². The highest BCUT2D eigenvalue weighted by atomic mass is 16.5. The zero-order valence-electron chi connectivity index (χ0n) is 13.5. The van der Waals surface area contributed by atoms with Gasteiger partial charge in [-0.1, -0.05) is 37.2 Å². The molecule has 0 saturated heterocycles. The van der Waals surface area contributed by atoms with Crippen molar-refractivity contribution in [1.29, 1.82) is 0 Å². The summed E-state index contributed by atoms with van der Waals surface area (Å²) in [6.45, 7) is 0. The third-order valence-corrected chi connectivity index (χ3v) is 4.01. The summed E-state index contributed by atoms with van der Waals surface area (Å²) in [5, 5.41) is 8.88. The van der Waals surface area contributed by atoms with Crippen LogP contribution in [0.1, 0.15) is 44.1 Å². The lowest BCUT2D eigenvalue weighted by atomic mass is 9.87. The van der Waals surface area contributed by atoms with E-state index < -0.39 is 11.7 Å². The molecule has 0 atom stereocenters. The van der Waals surface area contributed by atoms with Gasteiger partial charge in [0, 0.05) is 12.0 Å².